The van der Waals surface area contributed by atoms with Crippen LogP contribution < -0.4 is 5.32 Å². The minimum absolute atomic E-state index is 0.00648. The van der Waals surface area contributed by atoms with Crippen LogP contribution in [0.5, 0.6) is 0 Å². The van der Waals surface area contributed by atoms with Crippen molar-refractivity contribution in [2.45, 2.75) is 6.04 Å². The van der Waals surface area contributed by atoms with Gasteiger partial charge in [0.2, 0.25) is 0 Å². The number of thiophene rings is 1. The van der Waals surface area contributed by atoms with Crippen LogP contribution in [0.3, 0.4) is 0 Å². The monoisotopic (exact) mass is 364 g/mol. The summed E-state index contributed by atoms with van der Waals surface area (Å²) in [5, 5.41) is 2.84. The first-order chi connectivity index (χ1) is 11.5. The molecule has 124 valence electrons. The summed E-state index contributed by atoms with van der Waals surface area (Å²) in [6.07, 6.45) is -0.700. The van der Waals surface area contributed by atoms with E-state index in [0.29, 0.717) is 9.21 Å². The molecule has 1 saturated heterocycles. The van der Waals surface area contributed by atoms with Crippen molar-refractivity contribution in [3.8, 4) is 0 Å². The Morgan fingerprint density at radius 3 is 2.58 bits per heavy atom. The molecule has 1 aliphatic heterocycles. The third-order valence-electron chi connectivity index (χ3n) is 3.51. The first-order valence-electron chi connectivity index (χ1n) is 7.13. The number of rotatable bonds is 5. The van der Waals surface area contributed by atoms with Gasteiger partial charge in [-0.25, -0.2) is 9.69 Å². The third-order valence-corrected chi connectivity index (χ3v) is 4.74. The van der Waals surface area contributed by atoms with Gasteiger partial charge in [-0.1, -0.05) is 41.9 Å². The second-order valence-electron chi connectivity index (χ2n) is 5.10. The number of halogens is 1. The normalized spacial score (nSPS) is 15.3. The van der Waals surface area contributed by atoms with Crippen LogP contribution in [0, 0.1) is 0 Å². The Bertz CT molecular complexity index is 761. The van der Waals surface area contributed by atoms with Gasteiger partial charge in [0.25, 0.3) is 11.8 Å². The average Bonchev–Trinajstić information content (AvgIpc) is 3.15. The van der Waals surface area contributed by atoms with Gasteiger partial charge in [0.1, 0.15) is 0 Å². The summed E-state index contributed by atoms with van der Waals surface area (Å²) in [4.78, 5) is 37.3. The predicted molar refractivity (Wildman–Crippen MR) is 89.0 cm³/mol. The number of carbonyl (C=O) groups excluding carboxylic acids is 3. The van der Waals surface area contributed by atoms with Crippen LogP contribution in [0.15, 0.2) is 42.5 Å². The molecule has 8 heteroatoms. The second-order valence-corrected chi connectivity index (χ2v) is 6.81. The van der Waals surface area contributed by atoms with Gasteiger partial charge in [-0.15, -0.1) is 11.3 Å². The number of hydrogen-bond donors (Lipinski definition) is 1. The maximum absolute atomic E-state index is 12.4. The van der Waals surface area contributed by atoms with E-state index in [4.69, 9.17) is 16.3 Å². The molecular formula is C16H13ClN2O4S. The fourth-order valence-electron chi connectivity index (χ4n) is 2.33. The number of carbonyl (C=O) groups is 3. The predicted octanol–water partition coefficient (Wildman–Crippen LogP) is 2.85. The van der Waals surface area contributed by atoms with E-state index in [2.05, 4.69) is 5.32 Å². The van der Waals surface area contributed by atoms with Crippen LogP contribution in [0.25, 0.3) is 0 Å². The lowest BCUT2D eigenvalue weighted by molar-refractivity contribution is -0.126. The molecule has 0 spiro atoms. The molecule has 1 fully saturated rings. The van der Waals surface area contributed by atoms with E-state index >= 15 is 0 Å². The first-order valence-corrected chi connectivity index (χ1v) is 8.32. The first kappa shape index (κ1) is 16.5. The van der Waals surface area contributed by atoms with Gasteiger partial charge < -0.3 is 10.1 Å². The van der Waals surface area contributed by atoms with Crippen molar-refractivity contribution in [3.63, 3.8) is 0 Å². The van der Waals surface area contributed by atoms with E-state index in [9.17, 15) is 14.4 Å². The van der Waals surface area contributed by atoms with Gasteiger partial charge >= 0.3 is 6.09 Å². The molecule has 24 heavy (non-hydrogen) atoms. The zero-order valence-electron chi connectivity index (χ0n) is 12.4. The zero-order valence-corrected chi connectivity index (χ0v) is 14.0. The van der Waals surface area contributed by atoms with Gasteiger partial charge in [0, 0.05) is 0 Å². The number of hydrogen-bond acceptors (Lipinski definition) is 5. The second kappa shape index (κ2) is 7.02. The molecule has 0 aliphatic carbocycles. The Kier molecular flexibility index (Phi) is 4.82. The minimum atomic E-state index is -0.700. The molecule has 1 aliphatic rings. The van der Waals surface area contributed by atoms with Crippen LogP contribution in [0.4, 0.5) is 4.79 Å². The molecule has 0 saturated carbocycles. The Morgan fingerprint density at radius 2 is 2.00 bits per heavy atom. The van der Waals surface area contributed by atoms with Gasteiger partial charge in [-0.3, -0.25) is 9.59 Å². The van der Waals surface area contributed by atoms with E-state index in [-0.39, 0.29) is 19.1 Å². The van der Waals surface area contributed by atoms with Gasteiger partial charge in [-0.2, -0.15) is 0 Å². The molecule has 1 aromatic carbocycles. The summed E-state index contributed by atoms with van der Waals surface area (Å²) in [7, 11) is 0. The van der Waals surface area contributed by atoms with Gasteiger partial charge in [0.15, 0.2) is 6.61 Å². The van der Waals surface area contributed by atoms with Crippen molar-refractivity contribution in [3.05, 3.63) is 57.2 Å². The van der Waals surface area contributed by atoms with Crippen molar-refractivity contribution in [1.82, 2.24) is 10.2 Å². The molecule has 2 heterocycles. The summed E-state index contributed by atoms with van der Waals surface area (Å²) >= 11 is 7.02. The van der Waals surface area contributed by atoms with Crippen LogP contribution >= 0.6 is 22.9 Å². The molecule has 3 rings (SSSR count). The molecule has 0 radical (unpaired) electrons. The molecule has 2 aromatic rings. The highest BCUT2D eigenvalue weighted by atomic mass is 35.5. The van der Waals surface area contributed by atoms with Crippen molar-refractivity contribution < 1.29 is 19.1 Å². The summed E-state index contributed by atoms with van der Waals surface area (Å²) in [6.45, 7) is -0.263. The number of ether oxygens (including phenoxy) is 1. The van der Waals surface area contributed by atoms with Crippen LogP contribution in [0.1, 0.15) is 21.3 Å². The molecular weight excluding hydrogens is 352 g/mol. The molecule has 0 unspecified atom stereocenters. The standard InChI is InChI=1S/C16H13ClN2O4S/c17-13-7-6-12(24-13)15(21)18-11(10-4-2-1-3-5-10)8-19-14(20)9-23-16(19)22/h1-7,11H,8-9H2,(H,18,21)/t11-/m0/s1. The molecule has 1 aromatic heterocycles. The van der Waals surface area contributed by atoms with E-state index in [1.54, 1.807) is 12.1 Å². The topological polar surface area (TPSA) is 75.7 Å². The zero-order chi connectivity index (χ0) is 17.1. The summed E-state index contributed by atoms with van der Waals surface area (Å²) in [5.74, 6) is -0.741. The Morgan fingerprint density at radius 1 is 1.25 bits per heavy atom. The van der Waals surface area contributed by atoms with Crippen molar-refractivity contribution >= 4 is 40.8 Å². The smallest absolute Gasteiger partial charge is 0.417 e. The van der Waals surface area contributed by atoms with E-state index < -0.39 is 18.0 Å². The molecule has 3 amide bonds. The Labute approximate surface area is 147 Å². The molecule has 0 bridgehead atoms. The van der Waals surface area contributed by atoms with Crippen molar-refractivity contribution in [2.24, 2.45) is 0 Å². The lowest BCUT2D eigenvalue weighted by Crippen LogP contribution is -2.40. The molecule has 6 nitrogen and oxygen atoms in total. The Balaban J connectivity index is 1.81. The highest BCUT2D eigenvalue weighted by Crippen LogP contribution is 2.23. The lowest BCUT2D eigenvalue weighted by Gasteiger charge is -2.22. The molecule has 1 N–H and O–H groups in total. The van der Waals surface area contributed by atoms with Crippen LogP contribution in [-0.4, -0.2) is 36.0 Å². The summed E-state index contributed by atoms with van der Waals surface area (Å²) < 4.78 is 5.23. The molecule has 1 atom stereocenters. The van der Waals surface area contributed by atoms with Crippen molar-refractivity contribution in [1.29, 1.82) is 0 Å². The average molecular weight is 365 g/mol. The van der Waals surface area contributed by atoms with E-state index in [1.165, 1.54) is 0 Å². The van der Waals surface area contributed by atoms with Crippen LogP contribution in [-0.2, 0) is 9.53 Å². The summed E-state index contributed by atoms with van der Waals surface area (Å²) in [5.41, 5.74) is 0.779. The SMILES string of the molecule is O=C(N[C@@H](CN1C(=O)COC1=O)c1ccccc1)c1ccc(Cl)s1. The lowest BCUT2D eigenvalue weighted by atomic mass is 10.1. The minimum Gasteiger partial charge on any atom is -0.439 e. The van der Waals surface area contributed by atoms with Gasteiger partial charge in [0.05, 0.1) is 21.8 Å². The number of imide groups is 1. The highest BCUT2D eigenvalue weighted by Gasteiger charge is 2.33. The van der Waals surface area contributed by atoms with E-state index in [0.717, 1.165) is 21.8 Å². The maximum Gasteiger partial charge on any atom is 0.417 e. The van der Waals surface area contributed by atoms with Crippen molar-refractivity contribution in [2.75, 3.05) is 13.2 Å². The number of benzene rings is 1. The van der Waals surface area contributed by atoms with E-state index in [1.807, 2.05) is 30.3 Å². The quantitative estimate of drug-likeness (QED) is 0.885. The van der Waals surface area contributed by atoms with Gasteiger partial charge in [-0.05, 0) is 17.7 Å². The highest BCUT2D eigenvalue weighted by molar-refractivity contribution is 7.18. The number of amides is 3. The maximum atomic E-state index is 12.4. The largest absolute Gasteiger partial charge is 0.439 e. The number of cyclic esters (lactones) is 1. The third kappa shape index (κ3) is 3.58. The summed E-state index contributed by atoms with van der Waals surface area (Å²) in [6, 6.07) is 11.8. The Hall–Kier alpha value is -2.38. The fourth-order valence-corrected chi connectivity index (χ4v) is 3.27. The number of nitrogens with one attached hydrogen (secondary N) is 1. The number of nitrogens with zero attached hydrogens (tertiary/aromatic N) is 1. The fraction of sp³-hybridized carbons (Fsp3) is 0.188. The van der Waals surface area contributed by atoms with Crippen LogP contribution in [0.2, 0.25) is 4.34 Å².